The van der Waals surface area contributed by atoms with Crippen LogP contribution in [0.5, 0.6) is 5.75 Å². The molecule has 114 valence electrons. The van der Waals surface area contributed by atoms with Gasteiger partial charge in [-0.15, -0.1) is 0 Å². The third-order valence-corrected chi connectivity index (χ3v) is 4.17. The Labute approximate surface area is 132 Å². The summed E-state index contributed by atoms with van der Waals surface area (Å²) < 4.78 is 5.28. The second kappa shape index (κ2) is 6.54. The second-order valence-electron chi connectivity index (χ2n) is 5.08. The largest absolute Gasteiger partial charge is 0.482 e. The molecule has 2 rings (SSSR count). The van der Waals surface area contributed by atoms with Crippen LogP contribution in [0.3, 0.4) is 0 Å². The first-order chi connectivity index (χ1) is 9.93. The number of halogens is 2. The second-order valence-corrected chi connectivity index (χ2v) is 5.92. The summed E-state index contributed by atoms with van der Waals surface area (Å²) in [5.74, 6) is -0.892. The average molecular weight is 332 g/mol. The Kier molecular flexibility index (Phi) is 4.96. The van der Waals surface area contributed by atoms with Crippen LogP contribution in [0.4, 0.5) is 0 Å². The maximum absolute atomic E-state index is 11.7. The van der Waals surface area contributed by atoms with Crippen molar-refractivity contribution < 1.29 is 19.4 Å². The van der Waals surface area contributed by atoms with Crippen LogP contribution in [0.2, 0.25) is 10.0 Å². The van der Waals surface area contributed by atoms with E-state index >= 15 is 0 Å². The van der Waals surface area contributed by atoms with Gasteiger partial charge < -0.3 is 15.2 Å². The molecule has 1 saturated carbocycles. The highest BCUT2D eigenvalue weighted by Gasteiger charge is 2.44. The maximum atomic E-state index is 11.7. The maximum Gasteiger partial charge on any atom is 0.311 e. The summed E-state index contributed by atoms with van der Waals surface area (Å²) in [6.45, 7) is -0.101. The van der Waals surface area contributed by atoms with Gasteiger partial charge >= 0.3 is 5.97 Å². The Hall–Kier alpha value is -1.46. The van der Waals surface area contributed by atoms with Gasteiger partial charge in [-0.1, -0.05) is 29.6 Å². The van der Waals surface area contributed by atoms with E-state index in [1.54, 1.807) is 12.1 Å². The SMILES string of the molecule is O=C(COc1ccc(Cl)cc1Cl)NCC1(C(=O)O)CCC1. The van der Waals surface area contributed by atoms with Crippen molar-refractivity contribution in [2.45, 2.75) is 19.3 Å². The van der Waals surface area contributed by atoms with Gasteiger partial charge in [-0.3, -0.25) is 9.59 Å². The number of ether oxygens (including phenoxy) is 1. The molecule has 0 unspecified atom stereocenters. The summed E-state index contributed by atoms with van der Waals surface area (Å²) in [5, 5.41) is 12.5. The number of carboxylic acids is 1. The molecule has 21 heavy (non-hydrogen) atoms. The molecule has 0 saturated heterocycles. The van der Waals surface area contributed by atoms with Gasteiger partial charge in [0, 0.05) is 11.6 Å². The molecule has 0 aromatic heterocycles. The molecule has 7 heteroatoms. The van der Waals surface area contributed by atoms with Crippen LogP contribution in [0.15, 0.2) is 18.2 Å². The fourth-order valence-electron chi connectivity index (χ4n) is 2.12. The zero-order valence-electron chi connectivity index (χ0n) is 11.2. The van der Waals surface area contributed by atoms with Crippen LogP contribution in [0.25, 0.3) is 0 Å². The number of hydrogen-bond donors (Lipinski definition) is 2. The molecule has 0 aliphatic heterocycles. The topological polar surface area (TPSA) is 75.6 Å². The molecule has 2 N–H and O–H groups in total. The molecule has 5 nitrogen and oxygen atoms in total. The van der Waals surface area contributed by atoms with Crippen molar-refractivity contribution in [1.82, 2.24) is 5.32 Å². The minimum absolute atomic E-state index is 0.124. The third kappa shape index (κ3) is 3.80. The van der Waals surface area contributed by atoms with Crippen molar-refractivity contribution >= 4 is 35.1 Å². The van der Waals surface area contributed by atoms with Gasteiger partial charge in [0.15, 0.2) is 6.61 Å². The smallest absolute Gasteiger partial charge is 0.311 e. The first kappa shape index (κ1) is 15.9. The quantitative estimate of drug-likeness (QED) is 0.840. The van der Waals surface area contributed by atoms with Crippen LogP contribution < -0.4 is 10.1 Å². The summed E-state index contributed by atoms with van der Waals surface area (Å²) in [5.41, 5.74) is -0.812. The predicted octanol–water partition coefficient (Wildman–Crippen LogP) is 2.74. The number of amides is 1. The highest BCUT2D eigenvalue weighted by molar-refractivity contribution is 6.35. The lowest BCUT2D eigenvalue weighted by molar-refractivity contribution is -0.154. The molecular weight excluding hydrogens is 317 g/mol. The average Bonchev–Trinajstić information content (AvgIpc) is 2.36. The zero-order valence-corrected chi connectivity index (χ0v) is 12.7. The Morgan fingerprint density at radius 1 is 1.33 bits per heavy atom. The number of nitrogens with one attached hydrogen (secondary N) is 1. The summed E-state index contributed by atoms with van der Waals surface area (Å²) in [4.78, 5) is 22.9. The minimum Gasteiger partial charge on any atom is -0.482 e. The highest BCUT2D eigenvalue weighted by atomic mass is 35.5. The van der Waals surface area contributed by atoms with Crippen molar-refractivity contribution in [2.75, 3.05) is 13.2 Å². The lowest BCUT2D eigenvalue weighted by Gasteiger charge is -2.37. The molecular formula is C14H15Cl2NO4. The van der Waals surface area contributed by atoms with Crippen LogP contribution in [0.1, 0.15) is 19.3 Å². The number of carbonyl (C=O) groups is 2. The third-order valence-electron chi connectivity index (χ3n) is 3.64. The number of carboxylic acid groups (broad SMARTS) is 1. The van der Waals surface area contributed by atoms with Gasteiger partial charge in [-0.2, -0.15) is 0 Å². The molecule has 1 fully saturated rings. The Bertz CT molecular complexity index is 558. The van der Waals surface area contributed by atoms with Crippen LogP contribution in [-0.4, -0.2) is 30.1 Å². The monoisotopic (exact) mass is 331 g/mol. The van der Waals surface area contributed by atoms with E-state index in [1.165, 1.54) is 6.07 Å². The van der Waals surface area contributed by atoms with Crippen LogP contribution >= 0.6 is 23.2 Å². The molecule has 1 aromatic rings. The van der Waals surface area contributed by atoms with Crippen molar-refractivity contribution in [2.24, 2.45) is 5.41 Å². The fraction of sp³-hybridized carbons (Fsp3) is 0.429. The van der Waals surface area contributed by atoms with Crippen molar-refractivity contribution in [3.8, 4) is 5.75 Å². The molecule has 1 aliphatic rings. The van der Waals surface area contributed by atoms with E-state index in [9.17, 15) is 9.59 Å². The highest BCUT2D eigenvalue weighted by Crippen LogP contribution is 2.40. The van der Waals surface area contributed by atoms with Gasteiger partial charge in [0.25, 0.3) is 5.91 Å². The van der Waals surface area contributed by atoms with E-state index in [0.717, 1.165) is 6.42 Å². The molecule has 0 radical (unpaired) electrons. The van der Waals surface area contributed by atoms with E-state index in [-0.39, 0.29) is 19.1 Å². The summed E-state index contributed by atoms with van der Waals surface area (Å²) in [6, 6.07) is 4.70. The van der Waals surface area contributed by atoms with E-state index in [0.29, 0.717) is 28.6 Å². The fourth-order valence-corrected chi connectivity index (χ4v) is 2.59. The molecule has 0 spiro atoms. The van der Waals surface area contributed by atoms with E-state index < -0.39 is 11.4 Å². The summed E-state index contributed by atoms with van der Waals surface area (Å²) in [6.07, 6.45) is 2.05. The van der Waals surface area contributed by atoms with Gasteiger partial charge in [-0.25, -0.2) is 0 Å². The van der Waals surface area contributed by atoms with Gasteiger partial charge in [-0.05, 0) is 31.0 Å². The van der Waals surface area contributed by atoms with Crippen molar-refractivity contribution in [1.29, 1.82) is 0 Å². The Balaban J connectivity index is 1.81. The molecule has 0 atom stereocenters. The normalized spacial score (nSPS) is 15.9. The van der Waals surface area contributed by atoms with Gasteiger partial charge in [0.2, 0.25) is 0 Å². The number of carbonyl (C=O) groups excluding carboxylic acids is 1. The van der Waals surface area contributed by atoms with Crippen LogP contribution in [0, 0.1) is 5.41 Å². The molecule has 1 amide bonds. The minimum atomic E-state index is -0.865. The lowest BCUT2D eigenvalue weighted by atomic mass is 9.69. The number of aliphatic carboxylic acids is 1. The first-order valence-electron chi connectivity index (χ1n) is 6.51. The van der Waals surface area contributed by atoms with Gasteiger partial charge in [0.1, 0.15) is 5.75 Å². The van der Waals surface area contributed by atoms with Crippen LogP contribution in [-0.2, 0) is 9.59 Å². The Morgan fingerprint density at radius 3 is 2.57 bits per heavy atom. The first-order valence-corrected chi connectivity index (χ1v) is 7.26. The predicted molar refractivity (Wildman–Crippen MR) is 78.9 cm³/mol. The molecule has 1 aromatic carbocycles. The summed E-state index contributed by atoms with van der Waals surface area (Å²) >= 11 is 11.7. The number of hydrogen-bond acceptors (Lipinski definition) is 3. The number of benzene rings is 1. The van der Waals surface area contributed by atoms with E-state index in [2.05, 4.69) is 5.32 Å². The zero-order chi connectivity index (χ0) is 15.5. The Morgan fingerprint density at radius 2 is 2.05 bits per heavy atom. The van der Waals surface area contributed by atoms with Gasteiger partial charge in [0.05, 0.1) is 10.4 Å². The van der Waals surface area contributed by atoms with E-state index in [1.807, 2.05) is 0 Å². The molecule has 0 bridgehead atoms. The number of rotatable bonds is 6. The standard InChI is InChI=1S/C14H15Cl2NO4/c15-9-2-3-11(10(16)6-9)21-7-12(18)17-8-14(13(19)20)4-1-5-14/h2-3,6H,1,4-5,7-8H2,(H,17,18)(H,19,20). The lowest BCUT2D eigenvalue weighted by Crippen LogP contribution is -2.48. The van der Waals surface area contributed by atoms with E-state index in [4.69, 9.17) is 33.0 Å². The summed E-state index contributed by atoms with van der Waals surface area (Å²) in [7, 11) is 0. The molecule has 0 heterocycles. The molecule has 1 aliphatic carbocycles. The van der Waals surface area contributed by atoms with Crippen molar-refractivity contribution in [3.63, 3.8) is 0 Å². The van der Waals surface area contributed by atoms with Crippen molar-refractivity contribution in [3.05, 3.63) is 28.2 Å².